The normalized spacial score (nSPS) is 24.8. The van der Waals surface area contributed by atoms with Crippen molar-refractivity contribution >= 4 is 81.9 Å². The van der Waals surface area contributed by atoms with Gasteiger partial charge >= 0.3 is 6.09 Å². The number of H-pyrrole nitrogens is 1. The lowest BCUT2D eigenvalue weighted by Gasteiger charge is -2.32. The number of primary amides is 1. The molecule has 4 heterocycles. The fourth-order valence-electron chi connectivity index (χ4n) is 8.92. The molecule has 4 unspecified atom stereocenters. The lowest BCUT2D eigenvalue weighted by atomic mass is 9.93. The Bertz CT molecular complexity index is 2490. The van der Waals surface area contributed by atoms with Gasteiger partial charge in [-0.3, -0.25) is 43.2 Å². The van der Waals surface area contributed by atoms with Crippen molar-refractivity contribution in [1.29, 1.82) is 0 Å². The smallest absolute Gasteiger partial charge is 0.407 e. The highest BCUT2D eigenvalue weighted by Gasteiger charge is 2.45. The molecule has 1 saturated heterocycles. The fourth-order valence-corrected chi connectivity index (χ4v) is 10.0. The van der Waals surface area contributed by atoms with Crippen molar-refractivity contribution in [2.45, 2.75) is 152 Å². The molecule has 1 fully saturated rings. The summed E-state index contributed by atoms with van der Waals surface area (Å²) in [7, 11) is 0. The number of rotatable bonds is 15. The number of aliphatic hydroxyl groups is 3. The third-order valence-electron chi connectivity index (χ3n) is 13.4. The second-order valence-electron chi connectivity index (χ2n) is 20.6. The van der Waals surface area contributed by atoms with Crippen molar-refractivity contribution in [3.05, 3.63) is 23.8 Å². The summed E-state index contributed by atoms with van der Waals surface area (Å²) in [5.41, 5.74) is 5.82. The molecule has 14 N–H and O–H groups in total. The first kappa shape index (κ1) is 61.1. The lowest BCUT2D eigenvalue weighted by molar-refractivity contribution is -0.144. The number of carbonyl (C=O) groups is 10. The fraction of sp³-hybridized carbons (Fsp3) is 0.640. The molecule has 10 atom stereocenters. The van der Waals surface area contributed by atoms with E-state index in [0.29, 0.717) is 53.2 Å². The Hall–Kier alpha value is -6.71. The van der Waals surface area contributed by atoms with Gasteiger partial charge in [0.05, 0.1) is 55.5 Å². The number of nitrogens with zero attached hydrogens (tertiary/aromatic N) is 1. The van der Waals surface area contributed by atoms with E-state index in [2.05, 4.69) is 47.5 Å². The number of fused-ring (bicyclic) bond motifs is 5. The highest BCUT2D eigenvalue weighted by Crippen LogP contribution is 2.34. The molecule has 27 heteroatoms. The number of hydrogen-bond donors (Lipinski definition) is 13. The topological polar surface area (TPSA) is 391 Å². The molecule has 1 aromatic carbocycles. The van der Waals surface area contributed by atoms with Crippen LogP contribution in [0.1, 0.15) is 92.1 Å². The van der Waals surface area contributed by atoms with Gasteiger partial charge in [0, 0.05) is 49.1 Å². The number of aromatic amines is 1. The number of nitrogens with two attached hydrogens (primary N) is 1. The van der Waals surface area contributed by atoms with Gasteiger partial charge in [-0.05, 0) is 57.2 Å². The zero-order chi connectivity index (χ0) is 56.7. The van der Waals surface area contributed by atoms with Crippen molar-refractivity contribution in [3.63, 3.8) is 0 Å². The van der Waals surface area contributed by atoms with E-state index < -0.39 is 158 Å². The zero-order valence-electron chi connectivity index (χ0n) is 44.3. The van der Waals surface area contributed by atoms with E-state index >= 15 is 0 Å². The van der Waals surface area contributed by atoms with Crippen LogP contribution in [0.25, 0.3) is 10.9 Å². The van der Waals surface area contributed by atoms with E-state index in [0.717, 1.165) is 35.9 Å². The van der Waals surface area contributed by atoms with Gasteiger partial charge in [0.15, 0.2) is 0 Å². The summed E-state index contributed by atoms with van der Waals surface area (Å²) in [6, 6.07) is -4.24. The zero-order valence-corrected chi connectivity index (χ0v) is 45.1. The van der Waals surface area contributed by atoms with E-state index in [9.17, 15) is 63.3 Å². The molecule has 0 aliphatic carbocycles. The molecule has 5 rings (SSSR count). The summed E-state index contributed by atoms with van der Waals surface area (Å²) in [5.74, 6) is -10.1. The third-order valence-corrected chi connectivity index (χ3v) is 14.5. The van der Waals surface area contributed by atoms with Crippen LogP contribution in [-0.2, 0) is 54.3 Å². The molecule has 10 amide bonds. The van der Waals surface area contributed by atoms with E-state index in [1.165, 1.54) is 6.92 Å². The first-order valence-corrected chi connectivity index (χ1v) is 26.9. The van der Waals surface area contributed by atoms with Crippen LogP contribution in [0.3, 0.4) is 0 Å². The summed E-state index contributed by atoms with van der Waals surface area (Å²) in [4.78, 5) is 142. The highest BCUT2D eigenvalue weighted by atomic mass is 32.2. The van der Waals surface area contributed by atoms with Crippen LogP contribution in [-0.4, -0.2) is 184 Å². The Morgan fingerprint density at radius 3 is 2.22 bits per heavy atom. The quantitative estimate of drug-likeness (QED) is 0.0844. The first-order chi connectivity index (χ1) is 36.4. The average molecular weight is 1100 g/mol. The summed E-state index contributed by atoms with van der Waals surface area (Å²) in [6.07, 6.45) is -1.53. The third kappa shape index (κ3) is 17.7. The summed E-state index contributed by atoms with van der Waals surface area (Å²) in [6.45, 7) is 8.21. The van der Waals surface area contributed by atoms with Crippen LogP contribution < -0.4 is 53.0 Å². The monoisotopic (exact) mass is 1100 g/mol. The molecule has 26 nitrogen and oxygen atoms in total. The standard InChI is InChI=1S/C50H75N11O15S/c1-7-25(2)40-45(71)54-20-38(66)55-34-24-77-47-30(29-13-12-28(17-31(29)58-47)75-15-11-9-8-10-14-52-49(74)76-50(4,5)6)18-32(42(68)53-21-39(67)59-40)56-46(72)41(26(3)36(64)23-62)60-44(70)35-16-27(63)22-61(35)48(73)33(19-37(51)65)57-43(34)69/h12-13,17,25-27,32-36,40-41,58,62-64H,7-11,14-16,18-24H2,1-6H3,(H2,51,65)(H,52,74)(H,53,68)(H,54,71)(H,55,66)(H,56,72)(H,57,69)(H,59,67)(H,60,70)/t25?,26-,27?,32?,33-,34?,35-,36-,40-,41-/m0/s1. The van der Waals surface area contributed by atoms with Gasteiger partial charge in [-0.2, -0.15) is 0 Å². The van der Waals surface area contributed by atoms with Crippen LogP contribution in [0.2, 0.25) is 0 Å². The number of nitrogens with one attached hydrogen (secondary N) is 9. The van der Waals surface area contributed by atoms with E-state index in [1.807, 2.05) is 0 Å². The molecule has 426 valence electrons. The van der Waals surface area contributed by atoms with Gasteiger partial charge in [-0.1, -0.05) is 40.0 Å². The van der Waals surface area contributed by atoms with Crippen molar-refractivity contribution < 1.29 is 72.7 Å². The van der Waals surface area contributed by atoms with Crippen molar-refractivity contribution in [3.8, 4) is 5.75 Å². The Morgan fingerprint density at radius 2 is 1.55 bits per heavy atom. The molecular weight excluding hydrogens is 1030 g/mol. The highest BCUT2D eigenvalue weighted by molar-refractivity contribution is 7.99. The van der Waals surface area contributed by atoms with E-state index in [4.69, 9.17) is 15.2 Å². The van der Waals surface area contributed by atoms with E-state index in [1.54, 1.807) is 52.8 Å². The van der Waals surface area contributed by atoms with Gasteiger partial charge in [0.1, 0.15) is 47.6 Å². The number of aliphatic hydroxyl groups excluding tert-OH is 3. The Kier molecular flexibility index (Phi) is 22.3. The summed E-state index contributed by atoms with van der Waals surface area (Å²) < 4.78 is 11.4. The molecule has 1 aromatic heterocycles. The second kappa shape index (κ2) is 28.1. The number of amides is 10. The molecule has 0 saturated carbocycles. The van der Waals surface area contributed by atoms with Crippen molar-refractivity contribution in [2.75, 3.05) is 45.1 Å². The number of carbonyl (C=O) groups excluding carboxylic acids is 10. The minimum atomic E-state index is -1.76. The molecule has 0 spiro atoms. The molecule has 3 aliphatic heterocycles. The average Bonchev–Trinajstić information content (AvgIpc) is 3.93. The molecule has 0 radical (unpaired) electrons. The maximum atomic E-state index is 14.7. The predicted molar refractivity (Wildman–Crippen MR) is 278 cm³/mol. The van der Waals surface area contributed by atoms with Crippen LogP contribution in [0, 0.1) is 11.8 Å². The SMILES string of the molecule is CCC(C)[C@@H]1NC(=O)CNC(=O)C2Cc3c([nH]c4cc(OCCCCCCNC(=O)OC(C)(C)C)ccc34)SCC(NC(=O)CNC1=O)C(=O)N[C@@H](CC(N)=O)C(=O)N1CC(O)C[C@H]1C(=O)N[C@@H]([C@@H](C)[C@@H](O)CO)C(=O)N2. The number of alkyl carbamates (subject to hydrolysis) is 1. The first-order valence-electron chi connectivity index (χ1n) is 25.9. The number of aromatic nitrogens is 1. The Balaban J connectivity index is 1.59. The number of unbranched alkanes of at least 4 members (excludes halogenated alkanes) is 3. The van der Waals surface area contributed by atoms with Gasteiger partial charge in [0.25, 0.3) is 0 Å². The molecule has 2 aromatic rings. The number of thioether (sulfide) groups is 1. The second-order valence-corrected chi connectivity index (χ2v) is 21.6. The molecular formula is C50H75N11O15S. The lowest BCUT2D eigenvalue weighted by Crippen LogP contribution is -2.62. The Morgan fingerprint density at radius 1 is 0.857 bits per heavy atom. The minimum absolute atomic E-state index is 0.305. The largest absolute Gasteiger partial charge is 0.494 e. The van der Waals surface area contributed by atoms with Crippen LogP contribution in [0.5, 0.6) is 5.75 Å². The van der Waals surface area contributed by atoms with Crippen LogP contribution in [0.4, 0.5) is 4.79 Å². The maximum absolute atomic E-state index is 14.7. The van der Waals surface area contributed by atoms with Crippen molar-refractivity contribution in [2.24, 2.45) is 17.6 Å². The summed E-state index contributed by atoms with van der Waals surface area (Å²) in [5, 5.41) is 53.1. The van der Waals surface area contributed by atoms with Gasteiger partial charge in [-0.15, -0.1) is 11.8 Å². The van der Waals surface area contributed by atoms with Crippen molar-refractivity contribution in [1.82, 2.24) is 52.4 Å². The van der Waals surface area contributed by atoms with E-state index in [-0.39, 0.29) is 18.6 Å². The molecule has 2 bridgehead atoms. The van der Waals surface area contributed by atoms with Gasteiger partial charge in [0.2, 0.25) is 53.2 Å². The summed E-state index contributed by atoms with van der Waals surface area (Å²) >= 11 is 0.991. The number of hydrogen-bond acceptors (Lipinski definition) is 16. The van der Waals surface area contributed by atoms with Crippen LogP contribution >= 0.6 is 11.8 Å². The predicted octanol–water partition coefficient (Wildman–Crippen LogP) is -2.18. The minimum Gasteiger partial charge on any atom is -0.494 e. The van der Waals surface area contributed by atoms with Gasteiger partial charge in [-0.25, -0.2) is 4.79 Å². The number of ether oxygens (including phenoxy) is 2. The van der Waals surface area contributed by atoms with Gasteiger partial charge < -0.3 is 82.9 Å². The molecule has 3 aliphatic rings. The number of benzene rings is 1. The Labute approximate surface area is 449 Å². The molecule has 77 heavy (non-hydrogen) atoms. The van der Waals surface area contributed by atoms with Crippen LogP contribution in [0.15, 0.2) is 23.2 Å². The maximum Gasteiger partial charge on any atom is 0.407 e.